The van der Waals surface area contributed by atoms with E-state index in [2.05, 4.69) is 29.9 Å². The van der Waals surface area contributed by atoms with E-state index in [1.807, 2.05) is 49.2 Å². The van der Waals surface area contributed by atoms with E-state index >= 15 is 0 Å². The van der Waals surface area contributed by atoms with Crippen LogP contribution < -0.4 is 4.90 Å². The van der Waals surface area contributed by atoms with E-state index in [4.69, 9.17) is 5.26 Å². The lowest BCUT2D eigenvalue weighted by Crippen LogP contribution is -2.13. The van der Waals surface area contributed by atoms with Crippen molar-refractivity contribution in [1.29, 1.82) is 5.26 Å². The molecule has 0 saturated carbocycles. The van der Waals surface area contributed by atoms with Crippen molar-refractivity contribution in [3.05, 3.63) is 47.4 Å². The average molecular weight is 266 g/mol. The number of benzene rings is 1. The van der Waals surface area contributed by atoms with Crippen molar-refractivity contribution in [2.75, 3.05) is 11.9 Å². The van der Waals surface area contributed by atoms with Gasteiger partial charge in [0.1, 0.15) is 11.6 Å². The van der Waals surface area contributed by atoms with Gasteiger partial charge in [0.25, 0.3) is 0 Å². The second-order valence-electron chi connectivity index (χ2n) is 5.10. The molecule has 0 unspecified atom stereocenters. The summed E-state index contributed by atoms with van der Waals surface area (Å²) in [6.07, 6.45) is 0. The molecule has 4 heteroatoms. The lowest BCUT2D eigenvalue weighted by atomic mass is 10.2. The maximum Gasteiger partial charge on any atom is 0.136 e. The van der Waals surface area contributed by atoms with E-state index in [-0.39, 0.29) is 0 Å². The van der Waals surface area contributed by atoms with E-state index in [1.165, 1.54) is 0 Å². The van der Waals surface area contributed by atoms with Crippen LogP contribution >= 0.6 is 0 Å². The maximum absolute atomic E-state index is 8.83. The van der Waals surface area contributed by atoms with E-state index in [0.29, 0.717) is 11.5 Å². The van der Waals surface area contributed by atoms with Crippen LogP contribution in [0, 0.1) is 18.3 Å². The highest BCUT2D eigenvalue weighted by atomic mass is 15.2. The molecular weight excluding hydrogens is 248 g/mol. The molecule has 0 fully saturated rings. The molecule has 0 aliphatic heterocycles. The van der Waals surface area contributed by atoms with Crippen molar-refractivity contribution in [1.82, 2.24) is 9.97 Å². The molecule has 20 heavy (non-hydrogen) atoms. The van der Waals surface area contributed by atoms with Crippen molar-refractivity contribution in [2.24, 2.45) is 0 Å². The van der Waals surface area contributed by atoms with Gasteiger partial charge in [0.2, 0.25) is 0 Å². The normalized spacial score (nSPS) is 10.4. The van der Waals surface area contributed by atoms with Gasteiger partial charge in [-0.1, -0.05) is 13.8 Å². The SMILES string of the molecule is Cc1cc(N(C)c2ccc(C#N)cc2)nc(C(C)C)n1. The van der Waals surface area contributed by atoms with Crippen molar-refractivity contribution < 1.29 is 0 Å². The zero-order valence-electron chi connectivity index (χ0n) is 12.3. The summed E-state index contributed by atoms with van der Waals surface area (Å²) in [7, 11) is 1.97. The van der Waals surface area contributed by atoms with E-state index in [0.717, 1.165) is 23.0 Å². The molecular formula is C16H18N4. The van der Waals surface area contributed by atoms with Crippen LogP contribution in [-0.4, -0.2) is 17.0 Å². The molecule has 0 saturated heterocycles. The first-order chi connectivity index (χ1) is 9.51. The predicted molar refractivity (Wildman–Crippen MR) is 80.1 cm³/mol. The summed E-state index contributed by atoms with van der Waals surface area (Å²) in [4.78, 5) is 11.1. The molecule has 4 nitrogen and oxygen atoms in total. The van der Waals surface area contributed by atoms with Crippen molar-refractivity contribution in [3.8, 4) is 6.07 Å². The lowest BCUT2D eigenvalue weighted by Gasteiger charge is -2.20. The highest BCUT2D eigenvalue weighted by Crippen LogP contribution is 2.24. The van der Waals surface area contributed by atoms with Gasteiger partial charge in [-0.3, -0.25) is 0 Å². The third kappa shape index (κ3) is 2.94. The second-order valence-corrected chi connectivity index (χ2v) is 5.10. The number of nitriles is 1. The number of anilines is 2. The number of hydrogen-bond acceptors (Lipinski definition) is 4. The summed E-state index contributed by atoms with van der Waals surface area (Å²) in [6.45, 7) is 6.14. The Morgan fingerprint density at radius 2 is 1.80 bits per heavy atom. The van der Waals surface area contributed by atoms with Gasteiger partial charge in [-0.15, -0.1) is 0 Å². The van der Waals surface area contributed by atoms with Crippen LogP contribution in [-0.2, 0) is 0 Å². The zero-order valence-corrected chi connectivity index (χ0v) is 12.3. The Kier molecular flexibility index (Phi) is 3.99. The van der Waals surface area contributed by atoms with Gasteiger partial charge < -0.3 is 4.90 Å². The average Bonchev–Trinajstić information content (AvgIpc) is 2.46. The van der Waals surface area contributed by atoms with E-state index < -0.39 is 0 Å². The molecule has 0 amide bonds. The molecule has 2 rings (SSSR count). The number of aryl methyl sites for hydroxylation is 1. The third-order valence-corrected chi connectivity index (χ3v) is 3.10. The summed E-state index contributed by atoms with van der Waals surface area (Å²) in [6, 6.07) is 11.5. The Morgan fingerprint density at radius 3 is 2.35 bits per heavy atom. The summed E-state index contributed by atoms with van der Waals surface area (Å²) in [5.41, 5.74) is 2.61. The minimum atomic E-state index is 0.294. The Hall–Kier alpha value is -2.41. The predicted octanol–water partition coefficient (Wildman–Crippen LogP) is 3.55. The Morgan fingerprint density at radius 1 is 1.15 bits per heavy atom. The molecule has 0 bridgehead atoms. The van der Waals surface area contributed by atoms with Gasteiger partial charge in [-0.25, -0.2) is 9.97 Å². The lowest BCUT2D eigenvalue weighted by molar-refractivity contribution is 0.764. The quantitative estimate of drug-likeness (QED) is 0.852. The second kappa shape index (κ2) is 5.70. The molecule has 1 heterocycles. The highest BCUT2D eigenvalue weighted by Gasteiger charge is 2.10. The topological polar surface area (TPSA) is 52.8 Å². The number of rotatable bonds is 3. The standard InChI is InChI=1S/C16H18N4/c1-11(2)16-18-12(3)9-15(19-16)20(4)14-7-5-13(10-17)6-8-14/h5-9,11H,1-4H3. The highest BCUT2D eigenvalue weighted by molar-refractivity contribution is 5.60. The zero-order chi connectivity index (χ0) is 14.7. The fourth-order valence-corrected chi connectivity index (χ4v) is 1.90. The summed E-state index contributed by atoms with van der Waals surface area (Å²) in [5, 5.41) is 8.83. The Balaban J connectivity index is 2.37. The molecule has 102 valence electrons. The molecule has 1 aromatic heterocycles. The Labute approximate surface area is 119 Å². The first-order valence-electron chi connectivity index (χ1n) is 6.60. The molecule has 0 N–H and O–H groups in total. The minimum Gasteiger partial charge on any atom is -0.329 e. The largest absolute Gasteiger partial charge is 0.329 e. The third-order valence-electron chi connectivity index (χ3n) is 3.10. The molecule has 2 aromatic rings. The van der Waals surface area contributed by atoms with Gasteiger partial charge in [-0.2, -0.15) is 5.26 Å². The smallest absolute Gasteiger partial charge is 0.136 e. The monoisotopic (exact) mass is 266 g/mol. The van der Waals surface area contributed by atoms with Crippen LogP contribution in [0.1, 0.15) is 36.8 Å². The van der Waals surface area contributed by atoms with Gasteiger partial charge >= 0.3 is 0 Å². The van der Waals surface area contributed by atoms with E-state index in [1.54, 1.807) is 0 Å². The molecule has 0 radical (unpaired) electrons. The number of aromatic nitrogens is 2. The summed E-state index contributed by atoms with van der Waals surface area (Å²) < 4.78 is 0. The summed E-state index contributed by atoms with van der Waals surface area (Å²) >= 11 is 0. The first-order valence-corrected chi connectivity index (χ1v) is 6.60. The van der Waals surface area contributed by atoms with Gasteiger partial charge in [0.15, 0.2) is 0 Å². The van der Waals surface area contributed by atoms with Crippen LogP contribution in [0.4, 0.5) is 11.5 Å². The number of hydrogen-bond donors (Lipinski definition) is 0. The fraction of sp³-hybridized carbons (Fsp3) is 0.312. The van der Waals surface area contributed by atoms with Crippen LogP contribution in [0.2, 0.25) is 0 Å². The minimum absolute atomic E-state index is 0.294. The molecule has 1 aromatic carbocycles. The van der Waals surface area contributed by atoms with Crippen LogP contribution in [0.25, 0.3) is 0 Å². The van der Waals surface area contributed by atoms with Gasteiger partial charge in [-0.05, 0) is 31.2 Å². The first kappa shape index (κ1) is 14.0. The Bertz CT molecular complexity index is 639. The van der Waals surface area contributed by atoms with Gasteiger partial charge in [0, 0.05) is 30.4 Å². The van der Waals surface area contributed by atoms with Crippen LogP contribution in [0.3, 0.4) is 0 Å². The molecule has 0 aliphatic rings. The molecule has 0 aliphatic carbocycles. The van der Waals surface area contributed by atoms with Crippen molar-refractivity contribution in [3.63, 3.8) is 0 Å². The summed E-state index contributed by atoms with van der Waals surface area (Å²) in [5.74, 6) is 2.01. The molecule has 0 spiro atoms. The van der Waals surface area contributed by atoms with E-state index in [9.17, 15) is 0 Å². The van der Waals surface area contributed by atoms with Crippen molar-refractivity contribution in [2.45, 2.75) is 26.7 Å². The van der Waals surface area contributed by atoms with Crippen LogP contribution in [0.5, 0.6) is 0 Å². The van der Waals surface area contributed by atoms with Gasteiger partial charge in [0.05, 0.1) is 11.6 Å². The maximum atomic E-state index is 8.83. The molecule has 0 atom stereocenters. The van der Waals surface area contributed by atoms with Crippen LogP contribution in [0.15, 0.2) is 30.3 Å². The van der Waals surface area contributed by atoms with Crippen molar-refractivity contribution >= 4 is 11.5 Å². The number of nitrogens with zero attached hydrogens (tertiary/aromatic N) is 4. The fourth-order valence-electron chi connectivity index (χ4n) is 1.90.